The third-order valence-corrected chi connectivity index (χ3v) is 3.47. The van der Waals surface area contributed by atoms with Crippen molar-refractivity contribution in [3.05, 3.63) is 42.5 Å². The van der Waals surface area contributed by atoms with Crippen molar-refractivity contribution in [2.45, 2.75) is 26.3 Å². The van der Waals surface area contributed by atoms with Crippen LogP contribution in [-0.2, 0) is 11.3 Å². The van der Waals surface area contributed by atoms with E-state index in [9.17, 15) is 4.79 Å². The molecule has 0 saturated carbocycles. The van der Waals surface area contributed by atoms with Crippen molar-refractivity contribution in [1.82, 2.24) is 15.5 Å². The summed E-state index contributed by atoms with van der Waals surface area (Å²) in [6.45, 7) is 7.74. The fourth-order valence-electron chi connectivity index (χ4n) is 1.96. The second-order valence-corrected chi connectivity index (χ2v) is 5.79. The molecule has 0 saturated heterocycles. The van der Waals surface area contributed by atoms with Gasteiger partial charge in [-0.1, -0.05) is 44.2 Å². The number of para-hydroxylation sites is 1. The molecule has 0 aliphatic carbocycles. The molecule has 0 spiro atoms. The zero-order valence-corrected chi connectivity index (χ0v) is 18.3. The molecule has 7 heteroatoms. The van der Waals surface area contributed by atoms with E-state index in [1.54, 1.807) is 25.1 Å². The Labute approximate surface area is 174 Å². The van der Waals surface area contributed by atoms with Gasteiger partial charge in [0.25, 0.3) is 0 Å². The molecule has 0 unspecified atom stereocenters. The maximum atomic E-state index is 11.8. The van der Waals surface area contributed by atoms with E-state index in [4.69, 9.17) is 4.74 Å². The average molecular weight is 474 g/mol. The van der Waals surface area contributed by atoms with Gasteiger partial charge in [-0.3, -0.25) is 4.79 Å². The number of rotatable bonds is 10. The van der Waals surface area contributed by atoms with Crippen molar-refractivity contribution in [3.8, 4) is 5.75 Å². The summed E-state index contributed by atoms with van der Waals surface area (Å²) in [7, 11) is 3.47. The lowest BCUT2D eigenvalue weighted by Crippen LogP contribution is -2.43. The average Bonchev–Trinajstić information content (AvgIpc) is 2.62. The maximum absolute atomic E-state index is 11.8. The van der Waals surface area contributed by atoms with Gasteiger partial charge in [-0.15, -0.1) is 24.0 Å². The third-order valence-electron chi connectivity index (χ3n) is 3.47. The molecule has 0 bridgehead atoms. The Kier molecular flexibility index (Phi) is 13.4. The molecule has 0 aromatic heterocycles. The van der Waals surface area contributed by atoms with Crippen molar-refractivity contribution in [2.24, 2.45) is 4.99 Å². The monoisotopic (exact) mass is 474 g/mol. The number of carbonyl (C=O) groups excluding carboxylic acids is 1. The molecule has 146 valence electrons. The van der Waals surface area contributed by atoms with Crippen molar-refractivity contribution >= 4 is 35.8 Å². The maximum Gasteiger partial charge on any atom is 0.241 e. The lowest BCUT2D eigenvalue weighted by Gasteiger charge is -2.15. The molecule has 0 fully saturated rings. The van der Waals surface area contributed by atoms with Gasteiger partial charge >= 0.3 is 0 Å². The molecule has 0 aliphatic rings. The van der Waals surface area contributed by atoms with Gasteiger partial charge in [0.2, 0.25) is 5.91 Å². The highest BCUT2D eigenvalue weighted by molar-refractivity contribution is 14.0. The summed E-state index contributed by atoms with van der Waals surface area (Å²) >= 11 is 0. The van der Waals surface area contributed by atoms with E-state index >= 15 is 0 Å². The van der Waals surface area contributed by atoms with E-state index < -0.39 is 0 Å². The Balaban J connectivity index is 0.00000625. The van der Waals surface area contributed by atoms with Crippen molar-refractivity contribution in [1.29, 1.82) is 0 Å². The number of hydrogen-bond donors (Lipinski definition) is 2. The van der Waals surface area contributed by atoms with Gasteiger partial charge < -0.3 is 20.3 Å². The first kappa shape index (κ1) is 24.2. The number of carbonyl (C=O) groups is 1. The fraction of sp³-hybridized carbons (Fsp3) is 0.474. The predicted octanol–water partition coefficient (Wildman–Crippen LogP) is 2.79. The van der Waals surface area contributed by atoms with Gasteiger partial charge in [-0.25, -0.2) is 4.99 Å². The summed E-state index contributed by atoms with van der Waals surface area (Å²) in [5.41, 5.74) is 0.986. The molecule has 0 radical (unpaired) electrons. The largest absolute Gasteiger partial charge is 0.489 e. The number of nitrogens with one attached hydrogen (secondary N) is 2. The first-order chi connectivity index (χ1) is 12.1. The molecular weight excluding hydrogens is 443 g/mol. The highest BCUT2D eigenvalue weighted by Gasteiger charge is 2.07. The molecule has 2 N–H and O–H groups in total. The zero-order valence-electron chi connectivity index (χ0n) is 16.0. The van der Waals surface area contributed by atoms with Crippen LogP contribution in [-0.4, -0.2) is 50.6 Å². The lowest BCUT2D eigenvalue weighted by atomic mass is 10.2. The smallest absolute Gasteiger partial charge is 0.241 e. The Morgan fingerprint density at radius 3 is 2.69 bits per heavy atom. The summed E-state index contributed by atoms with van der Waals surface area (Å²) in [5, 5.41) is 6.34. The summed E-state index contributed by atoms with van der Waals surface area (Å²) in [5.74, 6) is 1.42. The summed E-state index contributed by atoms with van der Waals surface area (Å²) in [6.07, 6.45) is 3.85. The standard InChI is InChI=1S/C19H30N4O2.HI/c1-5-7-12-20-19(22-15-18(24)23(3)4)21-14-16-10-8-9-11-17(16)25-13-6-2;/h6,8-11H,2,5,7,12-15H2,1,3-4H3,(H2,20,21,22);1H. The van der Waals surface area contributed by atoms with E-state index in [0.717, 1.165) is 30.7 Å². The van der Waals surface area contributed by atoms with Crippen molar-refractivity contribution < 1.29 is 9.53 Å². The lowest BCUT2D eigenvalue weighted by molar-refractivity contribution is -0.127. The minimum absolute atomic E-state index is 0. The van der Waals surface area contributed by atoms with Crippen LogP contribution in [0.3, 0.4) is 0 Å². The predicted molar refractivity (Wildman–Crippen MR) is 118 cm³/mol. The second kappa shape index (κ2) is 14.4. The van der Waals surface area contributed by atoms with Crippen LogP contribution in [0.1, 0.15) is 25.3 Å². The Morgan fingerprint density at radius 2 is 2.04 bits per heavy atom. The van der Waals surface area contributed by atoms with E-state index in [-0.39, 0.29) is 36.4 Å². The number of nitrogens with zero attached hydrogens (tertiary/aromatic N) is 2. The Bertz CT molecular complexity index is 576. The number of likely N-dealkylation sites (N-methyl/N-ethyl adjacent to an activating group) is 1. The quantitative estimate of drug-likeness (QED) is 0.180. The molecule has 1 aromatic rings. The number of ether oxygens (including phenoxy) is 1. The minimum atomic E-state index is -0.000270. The van der Waals surface area contributed by atoms with Crippen LogP contribution in [0.4, 0.5) is 0 Å². The summed E-state index contributed by atoms with van der Waals surface area (Å²) < 4.78 is 5.66. The first-order valence-corrected chi connectivity index (χ1v) is 8.62. The first-order valence-electron chi connectivity index (χ1n) is 8.62. The normalized spacial score (nSPS) is 10.5. The molecule has 0 heterocycles. The minimum Gasteiger partial charge on any atom is -0.489 e. The second-order valence-electron chi connectivity index (χ2n) is 5.79. The number of guanidine groups is 1. The van der Waals surface area contributed by atoms with Gasteiger partial charge in [0.05, 0.1) is 13.1 Å². The topological polar surface area (TPSA) is 66.0 Å². The highest BCUT2D eigenvalue weighted by atomic mass is 127. The molecule has 0 aliphatic heterocycles. The van der Waals surface area contributed by atoms with E-state index in [1.165, 1.54) is 0 Å². The number of hydrogen-bond acceptors (Lipinski definition) is 3. The van der Waals surface area contributed by atoms with Gasteiger partial charge in [0.1, 0.15) is 12.4 Å². The number of unbranched alkanes of at least 4 members (excludes halogenated alkanes) is 1. The molecule has 6 nitrogen and oxygen atoms in total. The van der Waals surface area contributed by atoms with Crippen LogP contribution >= 0.6 is 24.0 Å². The molecule has 0 atom stereocenters. The van der Waals surface area contributed by atoms with E-state index in [1.807, 2.05) is 24.3 Å². The fourth-order valence-corrected chi connectivity index (χ4v) is 1.96. The van der Waals surface area contributed by atoms with Crippen molar-refractivity contribution in [3.63, 3.8) is 0 Å². The number of aliphatic imine (C=N–C) groups is 1. The van der Waals surface area contributed by atoms with Crippen LogP contribution in [0, 0.1) is 0 Å². The SMILES string of the molecule is C=CCOc1ccccc1CN=C(NCCCC)NCC(=O)N(C)C.I. The van der Waals surface area contributed by atoms with Crippen LogP contribution < -0.4 is 15.4 Å². The third kappa shape index (κ3) is 9.65. The molecule has 1 aromatic carbocycles. The molecule has 1 rings (SSSR count). The van der Waals surface area contributed by atoms with Crippen LogP contribution in [0.5, 0.6) is 5.75 Å². The summed E-state index contributed by atoms with van der Waals surface area (Å²) in [4.78, 5) is 17.9. The van der Waals surface area contributed by atoms with Crippen LogP contribution in [0.25, 0.3) is 0 Å². The van der Waals surface area contributed by atoms with Gasteiger partial charge in [-0.2, -0.15) is 0 Å². The molecular formula is C19H31IN4O2. The van der Waals surface area contributed by atoms with E-state index in [2.05, 4.69) is 29.1 Å². The number of benzene rings is 1. The Morgan fingerprint density at radius 1 is 1.31 bits per heavy atom. The summed E-state index contributed by atoms with van der Waals surface area (Å²) in [6, 6.07) is 7.79. The molecule has 1 amide bonds. The van der Waals surface area contributed by atoms with E-state index in [0.29, 0.717) is 19.1 Å². The highest BCUT2D eigenvalue weighted by Crippen LogP contribution is 2.18. The Hall–Kier alpha value is -1.77. The van der Waals surface area contributed by atoms with Crippen LogP contribution in [0.2, 0.25) is 0 Å². The van der Waals surface area contributed by atoms with Crippen LogP contribution in [0.15, 0.2) is 41.9 Å². The van der Waals surface area contributed by atoms with Gasteiger partial charge in [0.15, 0.2) is 5.96 Å². The van der Waals surface area contributed by atoms with Gasteiger partial charge in [0, 0.05) is 26.2 Å². The number of halogens is 1. The molecule has 26 heavy (non-hydrogen) atoms. The van der Waals surface area contributed by atoms with Gasteiger partial charge in [-0.05, 0) is 12.5 Å². The number of amides is 1. The van der Waals surface area contributed by atoms with Crippen molar-refractivity contribution in [2.75, 3.05) is 33.8 Å². The zero-order chi connectivity index (χ0) is 18.5.